The summed E-state index contributed by atoms with van der Waals surface area (Å²) in [4.78, 5) is 32.7. The molecule has 1 atom stereocenters. The third-order valence-electron chi connectivity index (χ3n) is 4.68. The summed E-state index contributed by atoms with van der Waals surface area (Å²) in [6, 6.07) is 3.86. The van der Waals surface area contributed by atoms with Gasteiger partial charge in [0, 0.05) is 6.07 Å². The third kappa shape index (κ3) is 3.38. The number of fused-ring (bicyclic) bond motifs is 1. The van der Waals surface area contributed by atoms with E-state index >= 15 is 0 Å². The van der Waals surface area contributed by atoms with E-state index in [4.69, 9.17) is 0 Å². The minimum atomic E-state index is -1.32. The highest BCUT2D eigenvalue weighted by Crippen LogP contribution is 2.41. The lowest BCUT2D eigenvalue weighted by atomic mass is 10.1. The molecule has 1 aliphatic rings. The van der Waals surface area contributed by atoms with Gasteiger partial charge in [-0.3, -0.25) is 14.3 Å². The average Bonchev–Trinajstić information content (AvgIpc) is 3.51. The number of amides is 1. The molecule has 146 valence electrons. The van der Waals surface area contributed by atoms with Crippen molar-refractivity contribution in [2.75, 3.05) is 0 Å². The number of nitrogens with one attached hydrogen (secondary N) is 1. The van der Waals surface area contributed by atoms with Crippen LogP contribution in [0.15, 0.2) is 35.4 Å². The van der Waals surface area contributed by atoms with Gasteiger partial charge in [-0.25, -0.2) is 18.6 Å². The van der Waals surface area contributed by atoms with E-state index in [1.54, 1.807) is 6.07 Å². The molecule has 2 aromatic heterocycles. The van der Waals surface area contributed by atoms with Gasteiger partial charge in [0.1, 0.15) is 23.5 Å². The van der Waals surface area contributed by atoms with Gasteiger partial charge in [0.2, 0.25) is 0 Å². The molecule has 2 heterocycles. The summed E-state index contributed by atoms with van der Waals surface area (Å²) >= 11 is 0. The van der Waals surface area contributed by atoms with Gasteiger partial charge in [-0.15, -0.1) is 0 Å². The first kappa shape index (κ1) is 18.5. The lowest BCUT2D eigenvalue weighted by molar-refractivity contribution is 0.187. The molecule has 0 spiro atoms. The maximum absolute atomic E-state index is 13.9. The van der Waals surface area contributed by atoms with Crippen LogP contribution in [-0.4, -0.2) is 25.7 Å². The normalized spacial score (nSPS) is 14.4. The fraction of sp³-hybridized carbons (Fsp3) is 0.211. The van der Waals surface area contributed by atoms with E-state index in [-0.39, 0.29) is 33.9 Å². The fourth-order valence-electron chi connectivity index (χ4n) is 3.29. The van der Waals surface area contributed by atoms with Crippen LogP contribution < -0.4 is 10.9 Å². The molecule has 1 aliphatic carbocycles. The van der Waals surface area contributed by atoms with Crippen LogP contribution in [0.25, 0.3) is 16.6 Å². The van der Waals surface area contributed by atoms with Crippen LogP contribution >= 0.6 is 0 Å². The number of pyridine rings is 1. The topological polar surface area (TPSA) is 121 Å². The summed E-state index contributed by atoms with van der Waals surface area (Å²) in [5.41, 5.74) is -0.952. The zero-order valence-corrected chi connectivity index (χ0v) is 14.8. The lowest BCUT2D eigenvalue weighted by Crippen LogP contribution is -2.35. The van der Waals surface area contributed by atoms with E-state index in [0.29, 0.717) is 12.8 Å². The van der Waals surface area contributed by atoms with Crippen molar-refractivity contribution in [1.29, 1.82) is 5.26 Å². The maximum atomic E-state index is 13.9. The highest BCUT2D eigenvalue weighted by Gasteiger charge is 2.37. The SMILES string of the molecule is N#Cc1cc(F)cc2c(=O)n(-c3cncc(F)c3)c(C(NC(=O)O)C3CC3)nc12. The molecule has 0 radical (unpaired) electrons. The smallest absolute Gasteiger partial charge is 0.405 e. The van der Waals surface area contributed by atoms with Crippen LogP contribution in [0.1, 0.15) is 30.3 Å². The molecule has 0 bridgehead atoms. The Bertz CT molecular complexity index is 1250. The molecule has 1 aromatic carbocycles. The molecule has 1 fully saturated rings. The van der Waals surface area contributed by atoms with Gasteiger partial charge < -0.3 is 10.4 Å². The maximum Gasteiger partial charge on any atom is 0.405 e. The second kappa shape index (κ2) is 6.94. The summed E-state index contributed by atoms with van der Waals surface area (Å²) in [7, 11) is 0. The van der Waals surface area contributed by atoms with Crippen LogP contribution in [-0.2, 0) is 0 Å². The van der Waals surface area contributed by atoms with Crippen molar-refractivity contribution in [3.8, 4) is 11.8 Å². The van der Waals surface area contributed by atoms with E-state index in [1.165, 1.54) is 6.20 Å². The van der Waals surface area contributed by atoms with Crippen LogP contribution in [0.3, 0.4) is 0 Å². The molecule has 8 nitrogen and oxygen atoms in total. The number of nitrogens with zero attached hydrogens (tertiary/aromatic N) is 4. The zero-order valence-electron chi connectivity index (χ0n) is 14.8. The van der Waals surface area contributed by atoms with Crippen molar-refractivity contribution in [2.24, 2.45) is 5.92 Å². The van der Waals surface area contributed by atoms with Crippen molar-refractivity contribution >= 4 is 17.0 Å². The Hall–Kier alpha value is -3.87. The number of benzene rings is 1. The van der Waals surface area contributed by atoms with Crippen molar-refractivity contribution < 1.29 is 18.7 Å². The first-order valence-electron chi connectivity index (χ1n) is 8.65. The van der Waals surface area contributed by atoms with Gasteiger partial charge >= 0.3 is 6.09 Å². The number of aromatic nitrogens is 3. The molecule has 2 N–H and O–H groups in total. The van der Waals surface area contributed by atoms with Crippen molar-refractivity contribution in [1.82, 2.24) is 19.9 Å². The molecule has 0 saturated heterocycles. The lowest BCUT2D eigenvalue weighted by Gasteiger charge is -2.21. The first-order chi connectivity index (χ1) is 13.9. The van der Waals surface area contributed by atoms with Crippen molar-refractivity contribution in [3.05, 3.63) is 64.0 Å². The van der Waals surface area contributed by atoms with Gasteiger partial charge in [-0.2, -0.15) is 5.26 Å². The standard InChI is InChI=1S/C19H13F2N5O3/c20-11-3-10(6-22)15-14(5-11)18(27)26(13-4-12(21)7-23-8-13)17(24-15)16(9-1-2-9)25-19(28)29/h3-5,7-9,16,25H,1-2H2,(H,28,29). The van der Waals surface area contributed by atoms with E-state index in [9.17, 15) is 28.7 Å². The zero-order chi connectivity index (χ0) is 20.7. The Morgan fingerprint density at radius 1 is 1.28 bits per heavy atom. The molecular weight excluding hydrogens is 384 g/mol. The van der Waals surface area contributed by atoms with E-state index in [1.807, 2.05) is 0 Å². The second-order valence-corrected chi connectivity index (χ2v) is 6.70. The van der Waals surface area contributed by atoms with Gasteiger partial charge in [0.25, 0.3) is 5.56 Å². The monoisotopic (exact) mass is 397 g/mol. The Morgan fingerprint density at radius 3 is 2.66 bits per heavy atom. The molecule has 29 heavy (non-hydrogen) atoms. The number of hydrogen-bond donors (Lipinski definition) is 2. The molecule has 0 aliphatic heterocycles. The molecule has 10 heteroatoms. The first-order valence-corrected chi connectivity index (χ1v) is 8.65. The van der Waals surface area contributed by atoms with E-state index in [0.717, 1.165) is 29.0 Å². The Morgan fingerprint density at radius 2 is 2.03 bits per heavy atom. The molecule has 1 saturated carbocycles. The summed E-state index contributed by atoms with van der Waals surface area (Å²) in [5, 5.41) is 20.7. The van der Waals surface area contributed by atoms with Crippen molar-refractivity contribution in [3.63, 3.8) is 0 Å². The minimum absolute atomic E-state index is 0.0112. The highest BCUT2D eigenvalue weighted by molar-refractivity contribution is 5.84. The number of hydrogen-bond acceptors (Lipinski definition) is 5. The summed E-state index contributed by atoms with van der Waals surface area (Å²) in [6.45, 7) is 0. The summed E-state index contributed by atoms with van der Waals surface area (Å²) in [5.74, 6) is -1.64. The molecule has 4 rings (SSSR count). The number of halogens is 2. The average molecular weight is 397 g/mol. The molecular formula is C19H13F2N5O3. The Balaban J connectivity index is 2.10. The van der Waals surface area contributed by atoms with Crippen LogP contribution in [0.5, 0.6) is 0 Å². The minimum Gasteiger partial charge on any atom is -0.465 e. The summed E-state index contributed by atoms with van der Waals surface area (Å²) < 4.78 is 28.7. The predicted octanol–water partition coefficient (Wildman–Crippen LogP) is 2.65. The van der Waals surface area contributed by atoms with E-state index < -0.39 is 29.3 Å². The van der Waals surface area contributed by atoms with E-state index in [2.05, 4.69) is 15.3 Å². The van der Waals surface area contributed by atoms with Crippen molar-refractivity contribution in [2.45, 2.75) is 18.9 Å². The van der Waals surface area contributed by atoms with Gasteiger partial charge in [-0.05, 0) is 30.9 Å². The second-order valence-electron chi connectivity index (χ2n) is 6.70. The molecule has 1 amide bonds. The summed E-state index contributed by atoms with van der Waals surface area (Å²) in [6.07, 6.45) is 2.25. The van der Waals surface area contributed by atoms with Gasteiger partial charge in [0.15, 0.2) is 0 Å². The number of nitriles is 1. The van der Waals surface area contributed by atoms with Gasteiger partial charge in [-0.1, -0.05) is 0 Å². The largest absolute Gasteiger partial charge is 0.465 e. The van der Waals surface area contributed by atoms with Crippen LogP contribution in [0.4, 0.5) is 13.6 Å². The predicted molar refractivity (Wildman–Crippen MR) is 96.4 cm³/mol. The number of carbonyl (C=O) groups is 1. The third-order valence-corrected chi connectivity index (χ3v) is 4.68. The molecule has 1 unspecified atom stereocenters. The number of carboxylic acid groups (broad SMARTS) is 1. The Labute approximate surface area is 162 Å². The highest BCUT2D eigenvalue weighted by atomic mass is 19.1. The van der Waals surface area contributed by atoms with Crippen LogP contribution in [0, 0.1) is 28.9 Å². The quantitative estimate of drug-likeness (QED) is 0.698. The van der Waals surface area contributed by atoms with Gasteiger partial charge in [0.05, 0.1) is 40.6 Å². The Kier molecular flexibility index (Phi) is 4.43. The van der Waals surface area contributed by atoms with Crippen LogP contribution in [0.2, 0.25) is 0 Å². The molecule has 3 aromatic rings. The fourth-order valence-corrected chi connectivity index (χ4v) is 3.29. The number of rotatable bonds is 4.